The fraction of sp³-hybridized carbons (Fsp3) is 0.800. The van der Waals surface area contributed by atoms with Gasteiger partial charge in [0, 0.05) is 24.0 Å². The van der Waals surface area contributed by atoms with E-state index >= 15 is 0 Å². The number of hydrogen-bond acceptors (Lipinski definition) is 4. The minimum Gasteiger partial charge on any atom is -0.358 e. The normalized spacial score (nSPS) is 25.9. The molecule has 0 bridgehead atoms. The molecule has 1 aromatic rings. The summed E-state index contributed by atoms with van der Waals surface area (Å²) in [5, 5.41) is 4.44. The van der Waals surface area contributed by atoms with Gasteiger partial charge < -0.3 is 5.32 Å². The van der Waals surface area contributed by atoms with E-state index in [4.69, 9.17) is 0 Å². The molecule has 1 aliphatic rings. The Morgan fingerprint density at radius 2 is 2.29 bits per heavy atom. The minimum absolute atomic E-state index is 0.646. The summed E-state index contributed by atoms with van der Waals surface area (Å²) in [6, 6.07) is 0.646. The monoisotopic (exact) mass is 211 g/mol. The van der Waals surface area contributed by atoms with Crippen LogP contribution in [0.1, 0.15) is 38.9 Å². The Morgan fingerprint density at radius 1 is 1.50 bits per heavy atom. The molecule has 0 saturated heterocycles. The zero-order valence-electron chi connectivity index (χ0n) is 8.79. The lowest BCUT2D eigenvalue weighted by Crippen LogP contribution is -2.33. The van der Waals surface area contributed by atoms with Crippen LogP contribution in [0.4, 0.5) is 5.13 Å². The molecule has 1 fully saturated rings. The van der Waals surface area contributed by atoms with Crippen molar-refractivity contribution >= 4 is 16.7 Å². The summed E-state index contributed by atoms with van der Waals surface area (Å²) in [5.41, 5.74) is 0. The summed E-state index contributed by atoms with van der Waals surface area (Å²) in [6.07, 6.45) is 4.68. The van der Waals surface area contributed by atoms with Gasteiger partial charge in [-0.3, -0.25) is 0 Å². The van der Waals surface area contributed by atoms with E-state index in [1.165, 1.54) is 24.4 Å². The van der Waals surface area contributed by atoms with E-state index in [1.54, 1.807) is 0 Å². The Labute approximate surface area is 89.1 Å². The van der Waals surface area contributed by atoms with Crippen LogP contribution in [0.2, 0.25) is 0 Å². The number of aromatic nitrogens is 2. The van der Waals surface area contributed by atoms with Crippen LogP contribution in [-0.4, -0.2) is 15.4 Å². The van der Waals surface area contributed by atoms with Crippen LogP contribution in [0.15, 0.2) is 0 Å². The summed E-state index contributed by atoms with van der Waals surface area (Å²) < 4.78 is 4.30. The highest BCUT2D eigenvalue weighted by molar-refractivity contribution is 7.09. The third-order valence-electron chi connectivity index (χ3n) is 2.64. The molecule has 1 N–H and O–H groups in total. The molecule has 2 rings (SSSR count). The van der Waals surface area contributed by atoms with Crippen molar-refractivity contribution in [3.05, 3.63) is 5.82 Å². The van der Waals surface area contributed by atoms with Crippen molar-refractivity contribution in [2.45, 2.75) is 45.6 Å². The number of nitrogens with zero attached hydrogens (tertiary/aromatic N) is 2. The number of aryl methyl sites for hydroxylation is 1. The van der Waals surface area contributed by atoms with Crippen LogP contribution in [0.25, 0.3) is 0 Å². The fourth-order valence-electron chi connectivity index (χ4n) is 1.83. The molecule has 1 aromatic heterocycles. The van der Waals surface area contributed by atoms with E-state index in [0.29, 0.717) is 6.04 Å². The van der Waals surface area contributed by atoms with Crippen LogP contribution in [-0.2, 0) is 6.42 Å². The minimum atomic E-state index is 0.646. The first-order valence-corrected chi connectivity index (χ1v) is 6.14. The second kappa shape index (κ2) is 4.26. The molecule has 3 nitrogen and oxygen atoms in total. The molecule has 0 atom stereocenters. The predicted molar refractivity (Wildman–Crippen MR) is 59.7 cm³/mol. The quantitative estimate of drug-likeness (QED) is 0.832. The van der Waals surface area contributed by atoms with Gasteiger partial charge in [-0.05, 0) is 25.2 Å². The van der Waals surface area contributed by atoms with Gasteiger partial charge >= 0.3 is 0 Å². The lowest BCUT2D eigenvalue weighted by atomic mass is 9.82. The van der Waals surface area contributed by atoms with Crippen molar-refractivity contribution in [1.82, 2.24) is 9.36 Å². The van der Waals surface area contributed by atoms with Crippen molar-refractivity contribution in [2.24, 2.45) is 5.92 Å². The van der Waals surface area contributed by atoms with Crippen LogP contribution >= 0.6 is 11.5 Å². The van der Waals surface area contributed by atoms with Crippen molar-refractivity contribution in [2.75, 3.05) is 5.32 Å². The smallest absolute Gasteiger partial charge is 0.202 e. The number of nitrogens with one attached hydrogen (secondary N) is 1. The van der Waals surface area contributed by atoms with Crippen molar-refractivity contribution in [1.29, 1.82) is 0 Å². The van der Waals surface area contributed by atoms with E-state index in [2.05, 4.69) is 28.5 Å². The standard InChI is InChI=1S/C10H17N3S/c1-3-4-9-12-10(14-13-9)11-8-5-7(2)6-8/h7-8H,3-6H2,1-2H3,(H,11,12,13). The zero-order valence-corrected chi connectivity index (χ0v) is 9.60. The zero-order chi connectivity index (χ0) is 9.97. The van der Waals surface area contributed by atoms with E-state index in [9.17, 15) is 0 Å². The number of hydrogen-bond donors (Lipinski definition) is 1. The SMILES string of the molecule is CCCc1nsc(NC2CC(C)C2)n1. The molecule has 0 amide bonds. The molecule has 78 valence electrons. The lowest BCUT2D eigenvalue weighted by Gasteiger charge is -2.32. The largest absolute Gasteiger partial charge is 0.358 e. The van der Waals surface area contributed by atoms with Crippen molar-refractivity contribution in [3.63, 3.8) is 0 Å². The number of anilines is 1. The molecule has 0 spiro atoms. The van der Waals surface area contributed by atoms with E-state index < -0.39 is 0 Å². The molecule has 1 aliphatic carbocycles. The third kappa shape index (κ3) is 2.23. The molecule has 0 aromatic carbocycles. The highest BCUT2D eigenvalue weighted by Crippen LogP contribution is 2.29. The van der Waals surface area contributed by atoms with Gasteiger partial charge in [0.25, 0.3) is 0 Å². The Hall–Kier alpha value is -0.640. The van der Waals surface area contributed by atoms with Gasteiger partial charge in [-0.25, -0.2) is 4.98 Å². The maximum atomic E-state index is 4.44. The van der Waals surface area contributed by atoms with Crippen LogP contribution in [0, 0.1) is 5.92 Å². The topological polar surface area (TPSA) is 37.8 Å². The average Bonchev–Trinajstić information content (AvgIpc) is 2.51. The first-order chi connectivity index (χ1) is 6.78. The Kier molecular flexibility index (Phi) is 3.01. The average molecular weight is 211 g/mol. The van der Waals surface area contributed by atoms with E-state index in [-0.39, 0.29) is 0 Å². The van der Waals surface area contributed by atoms with E-state index in [0.717, 1.165) is 29.7 Å². The Morgan fingerprint density at radius 3 is 2.93 bits per heavy atom. The molecule has 14 heavy (non-hydrogen) atoms. The van der Waals surface area contributed by atoms with Gasteiger partial charge in [0.05, 0.1) is 0 Å². The van der Waals surface area contributed by atoms with Gasteiger partial charge in [0.2, 0.25) is 5.13 Å². The fourth-order valence-corrected chi connectivity index (χ4v) is 2.52. The summed E-state index contributed by atoms with van der Waals surface area (Å²) >= 11 is 1.50. The van der Waals surface area contributed by atoms with Crippen LogP contribution < -0.4 is 5.32 Å². The van der Waals surface area contributed by atoms with Gasteiger partial charge in [0.15, 0.2) is 0 Å². The van der Waals surface area contributed by atoms with Gasteiger partial charge in [-0.2, -0.15) is 4.37 Å². The second-order valence-corrected chi connectivity index (χ2v) is 4.94. The molecule has 0 aliphatic heterocycles. The Balaban J connectivity index is 1.84. The van der Waals surface area contributed by atoms with Crippen molar-refractivity contribution in [3.8, 4) is 0 Å². The molecule has 0 radical (unpaired) electrons. The maximum absolute atomic E-state index is 4.44. The summed E-state index contributed by atoms with van der Waals surface area (Å²) in [5.74, 6) is 1.88. The highest BCUT2D eigenvalue weighted by atomic mass is 32.1. The molecule has 4 heteroatoms. The molecule has 1 saturated carbocycles. The van der Waals surface area contributed by atoms with Gasteiger partial charge in [0.1, 0.15) is 5.82 Å². The molecule has 1 heterocycles. The Bertz CT molecular complexity index is 291. The van der Waals surface area contributed by atoms with Crippen LogP contribution in [0.3, 0.4) is 0 Å². The third-order valence-corrected chi connectivity index (χ3v) is 3.33. The lowest BCUT2D eigenvalue weighted by molar-refractivity contribution is 0.309. The van der Waals surface area contributed by atoms with Gasteiger partial charge in [-0.1, -0.05) is 13.8 Å². The molecular formula is C10H17N3S. The molecule has 0 unspecified atom stereocenters. The van der Waals surface area contributed by atoms with Crippen LogP contribution in [0.5, 0.6) is 0 Å². The second-order valence-electron chi connectivity index (χ2n) is 4.18. The highest BCUT2D eigenvalue weighted by Gasteiger charge is 2.25. The first kappa shape index (κ1) is 9.90. The summed E-state index contributed by atoms with van der Waals surface area (Å²) in [4.78, 5) is 4.44. The summed E-state index contributed by atoms with van der Waals surface area (Å²) in [7, 11) is 0. The van der Waals surface area contributed by atoms with Gasteiger partial charge in [-0.15, -0.1) is 0 Å². The molecular weight excluding hydrogens is 194 g/mol. The maximum Gasteiger partial charge on any atom is 0.202 e. The first-order valence-electron chi connectivity index (χ1n) is 5.37. The summed E-state index contributed by atoms with van der Waals surface area (Å²) in [6.45, 7) is 4.45. The number of rotatable bonds is 4. The van der Waals surface area contributed by atoms with E-state index in [1.807, 2.05) is 0 Å². The predicted octanol–water partition coefficient (Wildman–Crippen LogP) is 2.70. The van der Waals surface area contributed by atoms with Crippen molar-refractivity contribution < 1.29 is 0 Å².